The van der Waals surface area contributed by atoms with Crippen molar-refractivity contribution in [2.24, 2.45) is 0 Å². The van der Waals surface area contributed by atoms with Gasteiger partial charge >= 0.3 is 5.97 Å². The van der Waals surface area contributed by atoms with Gasteiger partial charge in [0.15, 0.2) is 0 Å². The second kappa shape index (κ2) is 6.21. The molecule has 8 heteroatoms. The monoisotopic (exact) mass is 365 g/mol. The second-order valence-electron chi connectivity index (χ2n) is 4.74. The zero-order valence-corrected chi connectivity index (χ0v) is 13.7. The number of nitrogens with one attached hydrogen (secondary N) is 1. The Bertz CT molecular complexity index is 612. The maximum absolute atomic E-state index is 12.2. The van der Waals surface area contributed by atoms with Crippen molar-refractivity contribution in [2.45, 2.75) is 24.3 Å². The largest absolute Gasteiger partial charge is 0.478 e. The van der Waals surface area contributed by atoms with Gasteiger partial charge in [-0.05, 0) is 48.0 Å². The molecule has 0 unspecified atom stereocenters. The summed E-state index contributed by atoms with van der Waals surface area (Å²) in [6.45, 7) is 3.59. The van der Waals surface area contributed by atoms with Crippen molar-refractivity contribution in [1.29, 1.82) is 0 Å². The quantitative estimate of drug-likeness (QED) is 0.802. The highest BCUT2D eigenvalue weighted by molar-refractivity contribution is 9.10. The molecule has 1 rings (SSSR count). The molecule has 1 aromatic carbocycles. The van der Waals surface area contributed by atoms with E-state index in [0.29, 0.717) is 0 Å². The molecular formula is C12H16BrNO5S. The Hall–Kier alpha value is -0.960. The van der Waals surface area contributed by atoms with Crippen LogP contribution in [0.2, 0.25) is 0 Å². The van der Waals surface area contributed by atoms with Crippen LogP contribution >= 0.6 is 15.9 Å². The predicted octanol–water partition coefficient (Wildman–Crippen LogP) is 1.85. The van der Waals surface area contributed by atoms with Crippen molar-refractivity contribution < 1.29 is 23.1 Å². The molecule has 6 nitrogen and oxygen atoms in total. The van der Waals surface area contributed by atoms with Gasteiger partial charge in [0.1, 0.15) is 0 Å². The first-order valence-corrected chi connectivity index (χ1v) is 7.94. The van der Waals surface area contributed by atoms with E-state index in [1.165, 1.54) is 25.3 Å². The summed E-state index contributed by atoms with van der Waals surface area (Å²) >= 11 is 3.08. The number of aromatic carboxylic acids is 1. The summed E-state index contributed by atoms with van der Waals surface area (Å²) < 4.78 is 32.1. The number of methoxy groups -OCH3 is 1. The molecule has 0 radical (unpaired) electrons. The Morgan fingerprint density at radius 1 is 1.45 bits per heavy atom. The molecule has 20 heavy (non-hydrogen) atoms. The van der Waals surface area contributed by atoms with Gasteiger partial charge in [0, 0.05) is 18.1 Å². The topological polar surface area (TPSA) is 92.7 Å². The number of hydrogen-bond donors (Lipinski definition) is 2. The fourth-order valence-electron chi connectivity index (χ4n) is 1.27. The van der Waals surface area contributed by atoms with Gasteiger partial charge in [0.2, 0.25) is 10.0 Å². The number of benzene rings is 1. The highest BCUT2D eigenvalue weighted by Gasteiger charge is 2.23. The van der Waals surface area contributed by atoms with Crippen LogP contribution in [0.3, 0.4) is 0 Å². The normalized spacial score (nSPS) is 12.4. The zero-order valence-electron chi connectivity index (χ0n) is 11.3. The molecule has 0 aliphatic rings. The van der Waals surface area contributed by atoms with Crippen molar-refractivity contribution in [3.05, 3.63) is 28.2 Å². The fourth-order valence-corrected chi connectivity index (χ4v) is 3.54. The van der Waals surface area contributed by atoms with E-state index in [2.05, 4.69) is 20.7 Å². The lowest BCUT2D eigenvalue weighted by molar-refractivity contribution is 0.0276. The van der Waals surface area contributed by atoms with Gasteiger partial charge in [-0.15, -0.1) is 0 Å². The molecule has 0 heterocycles. The van der Waals surface area contributed by atoms with Crippen molar-refractivity contribution in [3.63, 3.8) is 0 Å². The molecule has 0 aliphatic carbocycles. The van der Waals surface area contributed by atoms with E-state index < -0.39 is 21.6 Å². The van der Waals surface area contributed by atoms with Crippen LogP contribution in [0.1, 0.15) is 24.2 Å². The molecule has 112 valence electrons. The maximum atomic E-state index is 12.2. The van der Waals surface area contributed by atoms with Crippen LogP contribution in [-0.4, -0.2) is 38.7 Å². The number of carboxylic acid groups (broad SMARTS) is 1. The summed E-state index contributed by atoms with van der Waals surface area (Å²) in [5, 5.41) is 8.84. The SMILES string of the molecule is COC(C)(C)CNS(=O)(=O)c1ccc(C(=O)O)cc1Br. The predicted molar refractivity (Wildman–Crippen MR) is 77.4 cm³/mol. The zero-order chi connectivity index (χ0) is 15.6. The van der Waals surface area contributed by atoms with Gasteiger partial charge in [-0.25, -0.2) is 17.9 Å². The molecule has 0 saturated carbocycles. The van der Waals surface area contributed by atoms with Gasteiger partial charge in [-0.3, -0.25) is 0 Å². The van der Waals surface area contributed by atoms with Crippen LogP contribution in [0.5, 0.6) is 0 Å². The minimum atomic E-state index is -3.75. The molecule has 0 aromatic heterocycles. The van der Waals surface area contributed by atoms with Crippen molar-refractivity contribution in [3.8, 4) is 0 Å². The number of ether oxygens (including phenoxy) is 1. The summed E-state index contributed by atoms with van der Waals surface area (Å²) in [6, 6.07) is 3.73. The number of carboxylic acids is 1. The van der Waals surface area contributed by atoms with E-state index in [4.69, 9.17) is 9.84 Å². The Labute approximate surface area is 126 Å². The van der Waals surface area contributed by atoms with E-state index in [-0.39, 0.29) is 21.5 Å². The third-order valence-corrected chi connectivity index (χ3v) is 5.09. The number of hydrogen-bond acceptors (Lipinski definition) is 4. The standard InChI is InChI=1S/C12H16BrNO5S/c1-12(2,19-3)7-14-20(17,18)10-5-4-8(11(15)16)6-9(10)13/h4-6,14H,7H2,1-3H3,(H,15,16). The highest BCUT2D eigenvalue weighted by Crippen LogP contribution is 2.23. The summed E-state index contributed by atoms with van der Waals surface area (Å²) in [7, 11) is -2.25. The average Bonchev–Trinajstić information content (AvgIpc) is 2.36. The Balaban J connectivity index is 3.02. The number of carbonyl (C=O) groups is 1. The summed E-state index contributed by atoms with van der Waals surface area (Å²) in [6.07, 6.45) is 0. The molecule has 0 saturated heterocycles. The summed E-state index contributed by atoms with van der Waals surface area (Å²) in [4.78, 5) is 10.8. The van der Waals surface area contributed by atoms with Crippen LogP contribution in [0.4, 0.5) is 0 Å². The molecule has 0 amide bonds. The van der Waals surface area contributed by atoms with Crippen LogP contribution in [0, 0.1) is 0 Å². The van der Waals surface area contributed by atoms with E-state index >= 15 is 0 Å². The molecule has 0 bridgehead atoms. The lowest BCUT2D eigenvalue weighted by atomic mass is 10.1. The van der Waals surface area contributed by atoms with Gasteiger partial charge in [0.05, 0.1) is 16.1 Å². The average molecular weight is 366 g/mol. The van der Waals surface area contributed by atoms with Crippen molar-refractivity contribution in [2.75, 3.05) is 13.7 Å². The summed E-state index contributed by atoms with van der Waals surface area (Å²) in [5.41, 5.74) is -0.631. The molecular weight excluding hydrogens is 350 g/mol. The van der Waals surface area contributed by atoms with E-state index in [1.54, 1.807) is 13.8 Å². The first-order valence-electron chi connectivity index (χ1n) is 5.67. The van der Waals surface area contributed by atoms with E-state index in [9.17, 15) is 13.2 Å². The number of rotatable bonds is 6. The van der Waals surface area contributed by atoms with Crippen LogP contribution < -0.4 is 4.72 Å². The number of halogens is 1. The fraction of sp³-hybridized carbons (Fsp3) is 0.417. The molecule has 0 atom stereocenters. The smallest absolute Gasteiger partial charge is 0.335 e. The van der Waals surface area contributed by atoms with Gasteiger partial charge < -0.3 is 9.84 Å². The van der Waals surface area contributed by atoms with Gasteiger partial charge in [0.25, 0.3) is 0 Å². The second-order valence-corrected chi connectivity index (χ2v) is 7.33. The highest BCUT2D eigenvalue weighted by atomic mass is 79.9. The Morgan fingerprint density at radius 3 is 2.50 bits per heavy atom. The van der Waals surface area contributed by atoms with Crippen LogP contribution in [0.25, 0.3) is 0 Å². The van der Waals surface area contributed by atoms with Crippen LogP contribution in [0.15, 0.2) is 27.6 Å². The molecule has 0 aliphatic heterocycles. The lowest BCUT2D eigenvalue weighted by Crippen LogP contribution is -2.39. The Kier molecular flexibility index (Phi) is 5.31. The van der Waals surface area contributed by atoms with Crippen LogP contribution in [-0.2, 0) is 14.8 Å². The molecule has 0 fully saturated rings. The minimum absolute atomic E-state index is 0.00745. The molecule has 1 aromatic rings. The minimum Gasteiger partial charge on any atom is -0.478 e. The maximum Gasteiger partial charge on any atom is 0.335 e. The third kappa shape index (κ3) is 4.27. The third-order valence-electron chi connectivity index (χ3n) is 2.71. The Morgan fingerprint density at radius 2 is 2.05 bits per heavy atom. The molecule has 0 spiro atoms. The van der Waals surface area contributed by atoms with E-state index in [0.717, 1.165) is 0 Å². The van der Waals surface area contributed by atoms with E-state index in [1.807, 2.05) is 0 Å². The first-order chi connectivity index (χ1) is 9.09. The lowest BCUT2D eigenvalue weighted by Gasteiger charge is -2.23. The molecule has 2 N–H and O–H groups in total. The van der Waals surface area contributed by atoms with Gasteiger partial charge in [-0.2, -0.15) is 0 Å². The summed E-state index contributed by atoms with van der Waals surface area (Å²) in [5.74, 6) is -1.12. The van der Waals surface area contributed by atoms with Crippen molar-refractivity contribution >= 4 is 31.9 Å². The van der Waals surface area contributed by atoms with Gasteiger partial charge in [-0.1, -0.05) is 0 Å². The number of sulfonamides is 1. The first kappa shape index (κ1) is 17.1. The van der Waals surface area contributed by atoms with Crippen molar-refractivity contribution in [1.82, 2.24) is 4.72 Å².